The van der Waals surface area contributed by atoms with Gasteiger partial charge in [0.2, 0.25) is 0 Å². The lowest BCUT2D eigenvalue weighted by atomic mass is 10.0. The van der Waals surface area contributed by atoms with Crippen LogP contribution in [-0.4, -0.2) is 41.4 Å². The van der Waals surface area contributed by atoms with Crippen molar-refractivity contribution >= 4 is 22.5 Å². The number of hydrogen-bond donors (Lipinski definition) is 4. The van der Waals surface area contributed by atoms with Crippen molar-refractivity contribution in [2.45, 2.75) is 12.0 Å². The van der Waals surface area contributed by atoms with Crippen molar-refractivity contribution in [2.24, 2.45) is 0 Å². The molecule has 6 heteroatoms. The first-order valence-corrected chi connectivity index (χ1v) is 6.52. The number of H-pyrrole nitrogens is 1. The van der Waals surface area contributed by atoms with Crippen LogP contribution in [0.4, 0.5) is 5.69 Å². The molecule has 0 saturated carbocycles. The molecule has 1 aliphatic heterocycles. The smallest absolute Gasteiger partial charge is 0.253 e. The standard InChI is InChI=1S/C14H17N3O3/c15-9-1-2-12-10(5-9)11(6-16-12)13(18)17-7-14(19)3-4-20-8-14/h1-2,5-6,16,19H,3-4,7-8,15H2,(H,17,18). The largest absolute Gasteiger partial charge is 0.399 e. The van der Waals surface area contributed by atoms with E-state index in [9.17, 15) is 9.90 Å². The third kappa shape index (κ3) is 2.35. The molecule has 2 heterocycles. The van der Waals surface area contributed by atoms with Crippen LogP contribution in [0, 0.1) is 0 Å². The summed E-state index contributed by atoms with van der Waals surface area (Å²) in [6.07, 6.45) is 2.18. The molecule has 1 aliphatic rings. The predicted molar refractivity (Wildman–Crippen MR) is 75.4 cm³/mol. The average Bonchev–Trinajstić information content (AvgIpc) is 3.03. The minimum atomic E-state index is -0.958. The van der Waals surface area contributed by atoms with Gasteiger partial charge >= 0.3 is 0 Å². The topological polar surface area (TPSA) is 100 Å². The minimum Gasteiger partial charge on any atom is -0.399 e. The first kappa shape index (κ1) is 13.0. The van der Waals surface area contributed by atoms with Gasteiger partial charge in [-0.05, 0) is 18.2 Å². The van der Waals surface area contributed by atoms with Crippen LogP contribution in [0.2, 0.25) is 0 Å². The molecular weight excluding hydrogens is 258 g/mol. The van der Waals surface area contributed by atoms with Gasteiger partial charge in [0.05, 0.1) is 12.2 Å². The van der Waals surface area contributed by atoms with Gasteiger partial charge in [-0.2, -0.15) is 0 Å². The minimum absolute atomic E-state index is 0.181. The summed E-state index contributed by atoms with van der Waals surface area (Å²) in [5.41, 5.74) is 6.77. The number of fused-ring (bicyclic) bond motifs is 1. The molecule has 5 N–H and O–H groups in total. The second kappa shape index (κ2) is 4.81. The zero-order valence-electron chi connectivity index (χ0n) is 11.0. The molecule has 1 unspecified atom stereocenters. The third-order valence-electron chi connectivity index (χ3n) is 3.61. The Morgan fingerprint density at radius 1 is 1.55 bits per heavy atom. The Balaban J connectivity index is 1.77. The van der Waals surface area contributed by atoms with Crippen LogP contribution in [0.5, 0.6) is 0 Å². The van der Waals surface area contributed by atoms with Crippen molar-refractivity contribution in [1.82, 2.24) is 10.3 Å². The number of rotatable bonds is 3. The maximum Gasteiger partial charge on any atom is 0.253 e. The molecule has 1 fully saturated rings. The molecule has 1 aromatic heterocycles. The molecule has 0 spiro atoms. The number of aromatic amines is 1. The van der Waals surface area contributed by atoms with E-state index in [-0.39, 0.29) is 19.1 Å². The van der Waals surface area contributed by atoms with Gasteiger partial charge in [-0.25, -0.2) is 0 Å². The number of nitrogen functional groups attached to an aromatic ring is 1. The van der Waals surface area contributed by atoms with Crippen LogP contribution >= 0.6 is 0 Å². The Hall–Kier alpha value is -2.05. The van der Waals surface area contributed by atoms with Crippen LogP contribution in [-0.2, 0) is 4.74 Å². The molecule has 1 amide bonds. The van der Waals surface area contributed by atoms with E-state index in [2.05, 4.69) is 10.3 Å². The van der Waals surface area contributed by atoms with E-state index in [1.165, 1.54) is 0 Å². The van der Waals surface area contributed by atoms with Gasteiger partial charge in [-0.3, -0.25) is 4.79 Å². The normalized spacial score (nSPS) is 22.2. The fraction of sp³-hybridized carbons (Fsp3) is 0.357. The molecule has 6 nitrogen and oxygen atoms in total. The Kier molecular flexibility index (Phi) is 3.11. The van der Waals surface area contributed by atoms with E-state index < -0.39 is 5.60 Å². The van der Waals surface area contributed by atoms with Crippen LogP contribution in [0.1, 0.15) is 16.8 Å². The van der Waals surface area contributed by atoms with Crippen LogP contribution in [0.3, 0.4) is 0 Å². The number of nitrogens with one attached hydrogen (secondary N) is 2. The number of nitrogens with two attached hydrogens (primary N) is 1. The molecular formula is C14H17N3O3. The predicted octanol–water partition coefficient (Wildman–Crippen LogP) is 0.631. The maximum absolute atomic E-state index is 12.2. The number of aromatic nitrogens is 1. The number of anilines is 1. The summed E-state index contributed by atoms with van der Waals surface area (Å²) in [5.74, 6) is -0.234. The van der Waals surface area contributed by atoms with Crippen molar-refractivity contribution in [1.29, 1.82) is 0 Å². The van der Waals surface area contributed by atoms with Gasteiger partial charge < -0.3 is 25.9 Å². The van der Waals surface area contributed by atoms with Gasteiger partial charge in [-0.1, -0.05) is 0 Å². The average molecular weight is 275 g/mol. The lowest BCUT2D eigenvalue weighted by molar-refractivity contribution is 0.0265. The van der Waals surface area contributed by atoms with Crippen molar-refractivity contribution < 1.29 is 14.6 Å². The first-order valence-electron chi connectivity index (χ1n) is 6.52. The van der Waals surface area contributed by atoms with Crippen molar-refractivity contribution in [3.05, 3.63) is 30.0 Å². The highest BCUT2D eigenvalue weighted by atomic mass is 16.5. The first-order chi connectivity index (χ1) is 9.57. The third-order valence-corrected chi connectivity index (χ3v) is 3.61. The fourth-order valence-electron chi connectivity index (χ4n) is 2.40. The molecule has 3 rings (SSSR count). The summed E-state index contributed by atoms with van der Waals surface area (Å²) in [4.78, 5) is 15.2. The van der Waals surface area contributed by atoms with Gasteiger partial charge in [0.1, 0.15) is 5.60 Å². The summed E-state index contributed by atoms with van der Waals surface area (Å²) in [6.45, 7) is 0.963. The highest BCUT2D eigenvalue weighted by Crippen LogP contribution is 2.21. The fourth-order valence-corrected chi connectivity index (χ4v) is 2.40. The van der Waals surface area contributed by atoms with E-state index in [4.69, 9.17) is 10.5 Å². The quantitative estimate of drug-likeness (QED) is 0.617. The number of carbonyl (C=O) groups excluding carboxylic acids is 1. The van der Waals surface area contributed by atoms with E-state index >= 15 is 0 Å². The molecule has 0 radical (unpaired) electrons. The van der Waals surface area contributed by atoms with Crippen molar-refractivity contribution in [3.63, 3.8) is 0 Å². The molecule has 1 aromatic carbocycles. The summed E-state index contributed by atoms with van der Waals surface area (Å²) in [7, 11) is 0. The number of aliphatic hydroxyl groups is 1. The zero-order valence-corrected chi connectivity index (χ0v) is 11.0. The van der Waals surface area contributed by atoms with Crippen LogP contribution in [0.15, 0.2) is 24.4 Å². The van der Waals surface area contributed by atoms with Crippen LogP contribution < -0.4 is 11.1 Å². The Morgan fingerprint density at radius 2 is 2.40 bits per heavy atom. The van der Waals surface area contributed by atoms with Gasteiger partial charge in [-0.15, -0.1) is 0 Å². The molecule has 2 aromatic rings. The molecule has 106 valence electrons. The van der Waals surface area contributed by atoms with Crippen molar-refractivity contribution in [2.75, 3.05) is 25.5 Å². The Morgan fingerprint density at radius 3 is 3.15 bits per heavy atom. The number of ether oxygens (including phenoxy) is 1. The van der Waals surface area contributed by atoms with Gasteiger partial charge in [0, 0.05) is 42.4 Å². The molecule has 0 aliphatic carbocycles. The highest BCUT2D eigenvalue weighted by Gasteiger charge is 2.32. The molecule has 20 heavy (non-hydrogen) atoms. The Bertz CT molecular complexity index is 644. The Labute approximate surface area is 115 Å². The molecule has 1 saturated heterocycles. The number of benzene rings is 1. The monoisotopic (exact) mass is 275 g/mol. The number of hydrogen-bond acceptors (Lipinski definition) is 4. The zero-order chi connectivity index (χ0) is 14.2. The number of amides is 1. The highest BCUT2D eigenvalue weighted by molar-refractivity contribution is 6.07. The summed E-state index contributed by atoms with van der Waals surface area (Å²) < 4.78 is 5.15. The summed E-state index contributed by atoms with van der Waals surface area (Å²) in [5, 5.41) is 13.7. The molecule has 0 bridgehead atoms. The lowest BCUT2D eigenvalue weighted by Crippen LogP contribution is -2.43. The lowest BCUT2D eigenvalue weighted by Gasteiger charge is -2.20. The SMILES string of the molecule is Nc1ccc2[nH]cc(C(=O)NCC3(O)CCOC3)c2c1. The van der Waals surface area contributed by atoms with Crippen molar-refractivity contribution in [3.8, 4) is 0 Å². The number of carbonyl (C=O) groups is 1. The second-order valence-corrected chi connectivity index (χ2v) is 5.22. The van der Waals surface area contributed by atoms with Crippen LogP contribution in [0.25, 0.3) is 10.9 Å². The maximum atomic E-state index is 12.2. The van der Waals surface area contributed by atoms with E-state index in [1.807, 2.05) is 6.07 Å². The molecule has 1 atom stereocenters. The van der Waals surface area contributed by atoms with E-state index in [0.29, 0.717) is 24.3 Å². The summed E-state index contributed by atoms with van der Waals surface area (Å²) >= 11 is 0. The van der Waals surface area contributed by atoms with E-state index in [1.54, 1.807) is 18.3 Å². The van der Waals surface area contributed by atoms with Gasteiger partial charge in [0.15, 0.2) is 0 Å². The van der Waals surface area contributed by atoms with Gasteiger partial charge in [0.25, 0.3) is 5.91 Å². The second-order valence-electron chi connectivity index (χ2n) is 5.22. The summed E-state index contributed by atoms with van der Waals surface area (Å²) in [6, 6.07) is 5.37. The van der Waals surface area contributed by atoms with E-state index in [0.717, 1.165) is 10.9 Å².